The lowest BCUT2D eigenvalue weighted by Crippen LogP contribution is -2.13. The Morgan fingerprint density at radius 1 is 1.26 bits per heavy atom. The van der Waals surface area contributed by atoms with Gasteiger partial charge in [0.15, 0.2) is 0 Å². The van der Waals surface area contributed by atoms with E-state index in [4.69, 9.17) is 5.73 Å². The van der Waals surface area contributed by atoms with Crippen LogP contribution in [-0.4, -0.2) is 9.36 Å². The van der Waals surface area contributed by atoms with Gasteiger partial charge in [-0.25, -0.2) is 4.98 Å². The Labute approximate surface area is 118 Å². The molecule has 1 aromatic carbocycles. The number of hydrogen-bond acceptors (Lipinski definition) is 5. The van der Waals surface area contributed by atoms with E-state index in [0.717, 1.165) is 22.2 Å². The monoisotopic (exact) mass is 276 g/mol. The summed E-state index contributed by atoms with van der Waals surface area (Å²) >= 11 is 1.38. The minimum atomic E-state index is -0.0306. The molecule has 0 saturated heterocycles. The van der Waals surface area contributed by atoms with E-state index in [-0.39, 0.29) is 11.5 Å². The quantitative estimate of drug-likeness (QED) is 0.899. The average molecular weight is 276 g/mol. The minimum absolute atomic E-state index is 0.0151. The van der Waals surface area contributed by atoms with Crippen LogP contribution in [0.1, 0.15) is 45.1 Å². The van der Waals surface area contributed by atoms with Gasteiger partial charge in [-0.3, -0.25) is 0 Å². The molecule has 0 bridgehead atoms. The van der Waals surface area contributed by atoms with Gasteiger partial charge < -0.3 is 11.1 Å². The topological polar surface area (TPSA) is 63.8 Å². The van der Waals surface area contributed by atoms with Gasteiger partial charge in [-0.05, 0) is 18.6 Å². The molecular weight excluding hydrogens is 256 g/mol. The van der Waals surface area contributed by atoms with Crippen LogP contribution < -0.4 is 11.1 Å². The Hall–Kier alpha value is -1.46. The maximum absolute atomic E-state index is 5.97. The van der Waals surface area contributed by atoms with Crippen LogP contribution in [0.15, 0.2) is 24.3 Å². The summed E-state index contributed by atoms with van der Waals surface area (Å²) < 4.78 is 4.39. The van der Waals surface area contributed by atoms with Crippen LogP contribution in [0, 0.1) is 0 Å². The predicted molar refractivity (Wildman–Crippen MR) is 80.9 cm³/mol. The zero-order chi connectivity index (χ0) is 14.0. The first-order chi connectivity index (χ1) is 8.88. The van der Waals surface area contributed by atoms with E-state index in [1.807, 2.05) is 31.2 Å². The first-order valence-electron chi connectivity index (χ1n) is 6.33. The predicted octanol–water partition coefficient (Wildman–Crippen LogP) is 3.60. The van der Waals surface area contributed by atoms with Crippen molar-refractivity contribution in [1.29, 1.82) is 0 Å². The third-order valence-corrected chi connectivity index (χ3v) is 3.42. The molecule has 1 unspecified atom stereocenters. The van der Waals surface area contributed by atoms with Crippen molar-refractivity contribution < 1.29 is 0 Å². The maximum atomic E-state index is 5.97. The number of nitrogens with one attached hydrogen (secondary N) is 1. The van der Waals surface area contributed by atoms with E-state index in [2.05, 4.69) is 35.4 Å². The highest BCUT2D eigenvalue weighted by Gasteiger charge is 2.19. The lowest BCUT2D eigenvalue weighted by Gasteiger charge is -2.13. The van der Waals surface area contributed by atoms with E-state index in [9.17, 15) is 0 Å². The van der Waals surface area contributed by atoms with Crippen LogP contribution in [0.3, 0.4) is 0 Å². The maximum Gasteiger partial charge on any atom is 0.207 e. The van der Waals surface area contributed by atoms with Gasteiger partial charge in [0, 0.05) is 28.7 Å². The number of para-hydroxylation sites is 1. The number of hydrogen-bond donors (Lipinski definition) is 2. The first kappa shape index (κ1) is 14.0. The summed E-state index contributed by atoms with van der Waals surface area (Å²) in [5, 5.41) is 4.11. The van der Waals surface area contributed by atoms with Gasteiger partial charge in [-0.15, -0.1) is 0 Å². The Morgan fingerprint density at radius 3 is 2.53 bits per heavy atom. The standard InChI is InChI=1S/C14H20N4S/c1-9(15)10-7-5-6-8-11(10)16-13-17-12(18-19-13)14(2,3)4/h5-9H,15H2,1-4H3,(H,16,17,18). The molecule has 0 aliphatic rings. The highest BCUT2D eigenvalue weighted by atomic mass is 32.1. The molecule has 1 heterocycles. The number of rotatable bonds is 3. The van der Waals surface area contributed by atoms with Crippen LogP contribution >= 0.6 is 11.5 Å². The van der Waals surface area contributed by atoms with E-state index >= 15 is 0 Å². The number of nitrogens with two attached hydrogens (primary N) is 1. The fourth-order valence-corrected chi connectivity index (χ4v) is 2.47. The smallest absolute Gasteiger partial charge is 0.207 e. The summed E-state index contributed by atoms with van der Waals surface area (Å²) in [6.07, 6.45) is 0. The fourth-order valence-electron chi connectivity index (χ4n) is 1.70. The van der Waals surface area contributed by atoms with Crippen molar-refractivity contribution in [1.82, 2.24) is 9.36 Å². The third kappa shape index (κ3) is 3.30. The van der Waals surface area contributed by atoms with E-state index < -0.39 is 0 Å². The van der Waals surface area contributed by atoms with Crippen molar-refractivity contribution >= 4 is 22.4 Å². The number of benzene rings is 1. The molecule has 0 aliphatic carbocycles. The van der Waals surface area contributed by atoms with Gasteiger partial charge in [0.25, 0.3) is 0 Å². The highest BCUT2D eigenvalue weighted by Crippen LogP contribution is 2.28. The highest BCUT2D eigenvalue weighted by molar-refractivity contribution is 7.09. The summed E-state index contributed by atoms with van der Waals surface area (Å²) in [7, 11) is 0. The average Bonchev–Trinajstić information content (AvgIpc) is 2.77. The summed E-state index contributed by atoms with van der Waals surface area (Å²) in [4.78, 5) is 4.53. The molecule has 0 spiro atoms. The molecule has 1 atom stereocenters. The minimum Gasteiger partial charge on any atom is -0.330 e. The molecule has 0 radical (unpaired) electrons. The first-order valence-corrected chi connectivity index (χ1v) is 7.11. The van der Waals surface area contributed by atoms with Gasteiger partial charge in [-0.2, -0.15) is 4.37 Å². The SMILES string of the molecule is CC(N)c1ccccc1Nc1nc(C(C)(C)C)ns1. The molecule has 1 aromatic heterocycles. The van der Waals surface area contributed by atoms with Crippen LogP contribution in [0.4, 0.5) is 10.8 Å². The van der Waals surface area contributed by atoms with Gasteiger partial charge >= 0.3 is 0 Å². The van der Waals surface area contributed by atoms with Crippen molar-refractivity contribution in [2.45, 2.75) is 39.2 Å². The number of anilines is 2. The Kier molecular flexibility index (Phi) is 3.87. The molecule has 0 aliphatic heterocycles. The third-order valence-electron chi connectivity index (χ3n) is 2.79. The summed E-state index contributed by atoms with van der Waals surface area (Å²) in [5.74, 6) is 0.860. The van der Waals surface area contributed by atoms with Crippen LogP contribution in [0.2, 0.25) is 0 Å². The lowest BCUT2D eigenvalue weighted by molar-refractivity contribution is 0.555. The molecule has 19 heavy (non-hydrogen) atoms. The molecular formula is C14H20N4S. The summed E-state index contributed by atoms with van der Waals surface area (Å²) in [6.45, 7) is 8.29. The van der Waals surface area contributed by atoms with Crippen LogP contribution in [0.5, 0.6) is 0 Å². The van der Waals surface area contributed by atoms with Crippen LogP contribution in [0.25, 0.3) is 0 Å². The van der Waals surface area contributed by atoms with Gasteiger partial charge in [0.2, 0.25) is 5.13 Å². The molecule has 0 saturated carbocycles. The van der Waals surface area contributed by atoms with Crippen LogP contribution in [-0.2, 0) is 5.41 Å². The fraction of sp³-hybridized carbons (Fsp3) is 0.429. The second-order valence-corrected chi connectivity index (χ2v) is 6.43. The second kappa shape index (κ2) is 5.27. The molecule has 3 N–H and O–H groups in total. The summed E-state index contributed by atoms with van der Waals surface area (Å²) in [6, 6.07) is 8.00. The number of nitrogens with zero attached hydrogens (tertiary/aromatic N) is 2. The van der Waals surface area contributed by atoms with Crippen molar-refractivity contribution in [2.75, 3.05) is 5.32 Å². The molecule has 0 fully saturated rings. The molecule has 0 amide bonds. The van der Waals surface area contributed by atoms with E-state index in [1.54, 1.807) is 0 Å². The Balaban J connectivity index is 2.25. The molecule has 4 nitrogen and oxygen atoms in total. The Bertz CT molecular complexity index is 555. The Morgan fingerprint density at radius 2 is 1.95 bits per heavy atom. The summed E-state index contributed by atoms with van der Waals surface area (Å²) in [5.41, 5.74) is 8.01. The second-order valence-electron chi connectivity index (χ2n) is 5.67. The van der Waals surface area contributed by atoms with E-state index in [1.165, 1.54) is 11.5 Å². The molecule has 102 valence electrons. The molecule has 2 aromatic rings. The van der Waals surface area contributed by atoms with Crippen molar-refractivity contribution in [3.05, 3.63) is 35.7 Å². The molecule has 2 rings (SSSR count). The largest absolute Gasteiger partial charge is 0.330 e. The van der Waals surface area contributed by atoms with E-state index in [0.29, 0.717) is 0 Å². The zero-order valence-corrected chi connectivity index (χ0v) is 12.6. The number of aromatic nitrogens is 2. The van der Waals surface area contributed by atoms with Crippen molar-refractivity contribution in [2.24, 2.45) is 5.73 Å². The zero-order valence-electron chi connectivity index (χ0n) is 11.8. The van der Waals surface area contributed by atoms with Gasteiger partial charge in [0.1, 0.15) is 5.82 Å². The molecule has 5 heteroatoms. The normalized spacial score (nSPS) is 13.3. The van der Waals surface area contributed by atoms with Gasteiger partial charge in [0.05, 0.1) is 0 Å². The van der Waals surface area contributed by atoms with Crippen molar-refractivity contribution in [3.63, 3.8) is 0 Å². The van der Waals surface area contributed by atoms with Gasteiger partial charge in [-0.1, -0.05) is 39.0 Å². The van der Waals surface area contributed by atoms with Crippen molar-refractivity contribution in [3.8, 4) is 0 Å². The lowest BCUT2D eigenvalue weighted by atomic mass is 9.96.